The molecule has 1 aliphatic heterocycles. The van der Waals surface area contributed by atoms with Crippen molar-refractivity contribution in [3.05, 3.63) is 41.7 Å². The molecule has 2 rings (SSSR count). The van der Waals surface area contributed by atoms with Crippen molar-refractivity contribution in [3.8, 4) is 0 Å². The van der Waals surface area contributed by atoms with Gasteiger partial charge in [-0.15, -0.1) is 0 Å². The number of nitrogens with zero attached hydrogens (tertiary/aromatic N) is 2. The summed E-state index contributed by atoms with van der Waals surface area (Å²) in [6, 6.07) is 5.97. The second-order valence-corrected chi connectivity index (χ2v) is 8.18. The minimum atomic E-state index is -3.21. The van der Waals surface area contributed by atoms with Gasteiger partial charge < -0.3 is 4.90 Å². The van der Waals surface area contributed by atoms with Crippen LogP contribution >= 0.6 is 0 Å². The molecule has 1 aromatic rings. The lowest BCUT2D eigenvalue weighted by Gasteiger charge is -2.35. The van der Waals surface area contributed by atoms with Crippen LogP contribution in [0.3, 0.4) is 0 Å². The summed E-state index contributed by atoms with van der Waals surface area (Å²) in [7, 11) is -1.60. The van der Waals surface area contributed by atoms with Gasteiger partial charge in [0.1, 0.15) is 5.82 Å². The predicted octanol–water partition coefficient (Wildman–Crippen LogP) is 2.11. The second kappa shape index (κ2) is 7.90. The number of piperidine rings is 1. The summed E-state index contributed by atoms with van der Waals surface area (Å²) >= 11 is 0. The molecule has 0 unspecified atom stereocenters. The molecule has 1 aliphatic rings. The molecule has 0 aromatic heterocycles. The van der Waals surface area contributed by atoms with Gasteiger partial charge in [0.15, 0.2) is 0 Å². The predicted molar refractivity (Wildman–Crippen MR) is 92.3 cm³/mol. The van der Waals surface area contributed by atoms with Crippen molar-refractivity contribution in [3.63, 3.8) is 0 Å². The lowest BCUT2D eigenvalue weighted by atomic mass is 10.1. The molecule has 1 heterocycles. The smallest absolute Gasteiger partial charge is 0.246 e. The summed E-state index contributed by atoms with van der Waals surface area (Å²) in [5, 5.41) is 0. The van der Waals surface area contributed by atoms with Gasteiger partial charge in [-0.25, -0.2) is 17.1 Å². The third kappa shape index (κ3) is 4.64. The van der Waals surface area contributed by atoms with Gasteiger partial charge in [-0.3, -0.25) is 4.79 Å². The van der Waals surface area contributed by atoms with E-state index in [9.17, 15) is 17.6 Å². The first-order chi connectivity index (χ1) is 11.3. The van der Waals surface area contributed by atoms with Crippen LogP contribution in [0.25, 0.3) is 6.08 Å². The van der Waals surface area contributed by atoms with Crippen molar-refractivity contribution >= 4 is 22.0 Å². The third-order valence-electron chi connectivity index (χ3n) is 4.36. The molecule has 0 bridgehead atoms. The fraction of sp³-hybridized carbons (Fsp3) is 0.471. The minimum Gasteiger partial charge on any atom is -0.339 e. The zero-order valence-electron chi connectivity index (χ0n) is 14.0. The summed E-state index contributed by atoms with van der Waals surface area (Å²) in [5.41, 5.74) is 0.631. The van der Waals surface area contributed by atoms with Gasteiger partial charge in [0.2, 0.25) is 15.9 Å². The number of rotatable bonds is 5. The number of sulfonamides is 1. The largest absolute Gasteiger partial charge is 0.339 e. The van der Waals surface area contributed by atoms with E-state index in [0.717, 1.165) is 0 Å². The molecule has 1 amide bonds. The highest BCUT2D eigenvalue weighted by atomic mass is 32.2. The molecular formula is C17H23FN2O3S. The zero-order valence-corrected chi connectivity index (χ0v) is 14.8. The maximum absolute atomic E-state index is 13.1. The number of carbonyl (C=O) groups excluding carboxylic acids is 1. The summed E-state index contributed by atoms with van der Waals surface area (Å²) in [6.07, 6.45) is 4.26. The van der Waals surface area contributed by atoms with Gasteiger partial charge in [0.25, 0.3) is 0 Å². The standard InChI is InChI=1S/C17H23FN2O3S/c1-3-24(22,23)19(2)16-9-11-20(12-10-16)17(21)8-7-14-5-4-6-15(18)13-14/h4-8,13,16H,3,9-12H2,1-2H3. The first-order valence-electron chi connectivity index (χ1n) is 8.01. The van der Waals surface area contributed by atoms with Gasteiger partial charge in [0.05, 0.1) is 5.75 Å². The van der Waals surface area contributed by atoms with Crippen molar-refractivity contribution in [1.29, 1.82) is 0 Å². The van der Waals surface area contributed by atoms with E-state index in [1.165, 1.54) is 22.5 Å². The van der Waals surface area contributed by atoms with Crippen LogP contribution in [0.2, 0.25) is 0 Å². The maximum atomic E-state index is 13.1. The van der Waals surface area contributed by atoms with Crippen LogP contribution in [0.1, 0.15) is 25.3 Å². The normalized spacial score (nSPS) is 16.9. The van der Waals surface area contributed by atoms with Crippen molar-refractivity contribution in [1.82, 2.24) is 9.21 Å². The average Bonchev–Trinajstić information content (AvgIpc) is 2.59. The monoisotopic (exact) mass is 354 g/mol. The lowest BCUT2D eigenvalue weighted by Crippen LogP contribution is -2.47. The van der Waals surface area contributed by atoms with Crippen LogP contribution in [-0.4, -0.2) is 55.5 Å². The summed E-state index contributed by atoms with van der Waals surface area (Å²) in [5.74, 6) is -0.400. The topological polar surface area (TPSA) is 57.7 Å². The fourth-order valence-corrected chi connectivity index (χ4v) is 3.84. The van der Waals surface area contributed by atoms with E-state index in [2.05, 4.69) is 0 Å². The number of benzene rings is 1. The molecule has 132 valence electrons. The van der Waals surface area contributed by atoms with Crippen molar-refractivity contribution in [2.75, 3.05) is 25.9 Å². The molecule has 7 heteroatoms. The number of likely N-dealkylation sites (tertiary alicyclic amines) is 1. The SMILES string of the molecule is CCS(=O)(=O)N(C)C1CCN(C(=O)C=Cc2cccc(F)c2)CC1. The van der Waals surface area contributed by atoms with Gasteiger partial charge in [-0.05, 0) is 43.5 Å². The first kappa shape index (κ1) is 18.6. The van der Waals surface area contributed by atoms with E-state index >= 15 is 0 Å². The Morgan fingerprint density at radius 3 is 2.62 bits per heavy atom. The number of hydrogen-bond donors (Lipinski definition) is 0. The Morgan fingerprint density at radius 1 is 1.38 bits per heavy atom. The summed E-state index contributed by atoms with van der Waals surface area (Å²) in [4.78, 5) is 13.9. The van der Waals surface area contributed by atoms with Gasteiger partial charge in [-0.2, -0.15) is 0 Å². The van der Waals surface area contributed by atoms with Crippen LogP contribution in [0.5, 0.6) is 0 Å². The highest BCUT2D eigenvalue weighted by Crippen LogP contribution is 2.18. The second-order valence-electron chi connectivity index (χ2n) is 5.86. The molecule has 5 nitrogen and oxygen atoms in total. The molecule has 1 fully saturated rings. The lowest BCUT2D eigenvalue weighted by molar-refractivity contribution is -0.127. The molecule has 24 heavy (non-hydrogen) atoms. The summed E-state index contributed by atoms with van der Waals surface area (Å²) in [6.45, 7) is 2.66. The van der Waals surface area contributed by atoms with Gasteiger partial charge in [-0.1, -0.05) is 12.1 Å². The molecule has 0 N–H and O–H groups in total. The van der Waals surface area contributed by atoms with Crippen LogP contribution in [-0.2, 0) is 14.8 Å². The van der Waals surface area contributed by atoms with E-state index in [0.29, 0.717) is 31.5 Å². The van der Waals surface area contributed by atoms with Crippen molar-refractivity contribution in [2.24, 2.45) is 0 Å². The fourth-order valence-electron chi connectivity index (χ4n) is 2.76. The Kier molecular flexibility index (Phi) is 6.12. The third-order valence-corrected chi connectivity index (χ3v) is 6.27. The van der Waals surface area contributed by atoms with Crippen LogP contribution in [0, 0.1) is 5.82 Å². The number of halogens is 1. The van der Waals surface area contributed by atoms with E-state index in [1.54, 1.807) is 37.1 Å². The van der Waals surface area contributed by atoms with Gasteiger partial charge in [0, 0.05) is 32.3 Å². The Labute approximate surface area is 142 Å². The number of amides is 1. The van der Waals surface area contributed by atoms with Crippen LogP contribution in [0.15, 0.2) is 30.3 Å². The van der Waals surface area contributed by atoms with Crippen molar-refractivity contribution in [2.45, 2.75) is 25.8 Å². The molecular weight excluding hydrogens is 331 g/mol. The molecule has 0 saturated carbocycles. The van der Waals surface area contributed by atoms with Crippen LogP contribution < -0.4 is 0 Å². The zero-order chi connectivity index (χ0) is 17.7. The highest BCUT2D eigenvalue weighted by molar-refractivity contribution is 7.89. The van der Waals surface area contributed by atoms with Gasteiger partial charge >= 0.3 is 0 Å². The van der Waals surface area contributed by atoms with E-state index in [4.69, 9.17) is 0 Å². The van der Waals surface area contributed by atoms with E-state index in [-0.39, 0.29) is 23.5 Å². The van der Waals surface area contributed by atoms with E-state index in [1.807, 2.05) is 0 Å². The van der Waals surface area contributed by atoms with Crippen LogP contribution in [0.4, 0.5) is 4.39 Å². The minimum absolute atomic E-state index is 0.0637. The summed E-state index contributed by atoms with van der Waals surface area (Å²) < 4.78 is 38.3. The molecule has 0 atom stereocenters. The first-order valence-corrected chi connectivity index (χ1v) is 9.62. The molecule has 1 saturated heterocycles. The number of hydrogen-bond acceptors (Lipinski definition) is 3. The Morgan fingerprint density at radius 2 is 2.04 bits per heavy atom. The molecule has 0 spiro atoms. The molecule has 0 aliphatic carbocycles. The average molecular weight is 354 g/mol. The molecule has 1 aromatic carbocycles. The molecule has 0 radical (unpaired) electrons. The Hall–Kier alpha value is -1.73. The number of carbonyl (C=O) groups is 1. The van der Waals surface area contributed by atoms with Crippen molar-refractivity contribution < 1.29 is 17.6 Å². The highest BCUT2D eigenvalue weighted by Gasteiger charge is 2.29. The quantitative estimate of drug-likeness (QED) is 0.761. The van der Waals surface area contributed by atoms with E-state index < -0.39 is 10.0 Å². The Balaban J connectivity index is 1.91. The Bertz CT molecular complexity index is 710. The maximum Gasteiger partial charge on any atom is 0.246 e.